The average Bonchev–Trinajstić information content (AvgIpc) is 3.04. The molecule has 0 radical (unpaired) electrons. The molecule has 27 heavy (non-hydrogen) atoms. The van der Waals surface area contributed by atoms with Gasteiger partial charge in [-0.15, -0.1) is 15.1 Å². The highest BCUT2D eigenvalue weighted by Gasteiger charge is 2.55. The number of carbonyl (C=O) groups excluding carboxylic acids is 1. The minimum absolute atomic E-state index is 0.0390. The summed E-state index contributed by atoms with van der Waals surface area (Å²) in [5.41, 5.74) is -0.00533. The van der Waals surface area contributed by atoms with E-state index in [4.69, 9.17) is 21.3 Å². The summed E-state index contributed by atoms with van der Waals surface area (Å²) in [6, 6.07) is 2.42. The van der Waals surface area contributed by atoms with E-state index in [1.54, 1.807) is 0 Å². The third-order valence-electron chi connectivity index (χ3n) is 4.07. The highest BCUT2D eigenvalue weighted by atomic mass is 35.5. The molecule has 12 nitrogen and oxygen atoms in total. The standard InChI is InChI=1S/C14H12ClN4O8/c1-25-14(20)11-6-16-7-19(11,27-18(23)24)12-3-2-8-4-9(17(21)22)5-10(15)13(8)26-12/h4-7,12H,2-3H2,1H3/q+1. The Balaban J connectivity index is 2.01. The number of ether oxygens (including phenoxy) is 2. The van der Waals surface area contributed by atoms with E-state index in [1.807, 2.05) is 0 Å². The van der Waals surface area contributed by atoms with E-state index in [-0.39, 0.29) is 35.0 Å². The highest BCUT2D eigenvalue weighted by molar-refractivity contribution is 6.32. The zero-order chi connectivity index (χ0) is 19.8. The highest BCUT2D eigenvalue weighted by Crippen LogP contribution is 2.41. The predicted octanol–water partition coefficient (Wildman–Crippen LogP) is 1.90. The Bertz CT molecular complexity index is 901. The fourth-order valence-electron chi connectivity index (χ4n) is 2.91. The van der Waals surface area contributed by atoms with Crippen LogP contribution in [-0.2, 0) is 20.9 Å². The van der Waals surface area contributed by atoms with Gasteiger partial charge in [0, 0.05) is 24.1 Å². The van der Waals surface area contributed by atoms with E-state index in [0.717, 1.165) is 25.7 Å². The Morgan fingerprint density at radius 3 is 2.78 bits per heavy atom. The van der Waals surface area contributed by atoms with Crippen LogP contribution in [0.25, 0.3) is 0 Å². The molecular formula is C14H12ClN4O8+. The van der Waals surface area contributed by atoms with Gasteiger partial charge in [0.1, 0.15) is 11.9 Å². The first-order valence-corrected chi connectivity index (χ1v) is 7.85. The van der Waals surface area contributed by atoms with Crippen molar-refractivity contribution >= 4 is 29.6 Å². The topological polar surface area (TPSA) is 143 Å². The number of hydrogen-bond acceptors (Lipinski definition) is 9. The fourth-order valence-corrected chi connectivity index (χ4v) is 3.19. The SMILES string of the molecule is COC(=O)C1=CN=C[N+]1(O[N+](=O)[O-])C1CCc2cc([N+](=O)[O-])cc(Cl)c2O1. The van der Waals surface area contributed by atoms with E-state index < -0.39 is 26.9 Å². The van der Waals surface area contributed by atoms with Crippen LogP contribution in [0.3, 0.4) is 0 Å². The number of carbonyl (C=O) groups is 1. The molecule has 0 spiro atoms. The van der Waals surface area contributed by atoms with Crippen LogP contribution in [0.4, 0.5) is 5.69 Å². The Morgan fingerprint density at radius 1 is 1.41 bits per heavy atom. The molecule has 2 aliphatic rings. The van der Waals surface area contributed by atoms with Gasteiger partial charge in [-0.25, -0.2) is 9.79 Å². The largest absolute Gasteiger partial charge is 0.461 e. The van der Waals surface area contributed by atoms with E-state index >= 15 is 0 Å². The minimum Gasteiger partial charge on any atom is -0.461 e. The van der Waals surface area contributed by atoms with Gasteiger partial charge in [0.05, 0.1) is 17.1 Å². The number of halogens is 1. The number of nitrogens with zero attached hydrogens (tertiary/aromatic N) is 4. The first-order valence-electron chi connectivity index (χ1n) is 7.48. The lowest BCUT2D eigenvalue weighted by molar-refractivity contribution is -1.18. The molecule has 2 aliphatic heterocycles. The molecule has 2 heterocycles. The van der Waals surface area contributed by atoms with Gasteiger partial charge in [-0.05, 0) is 11.1 Å². The van der Waals surface area contributed by atoms with Gasteiger partial charge in [-0.2, -0.15) is 0 Å². The van der Waals surface area contributed by atoms with Crippen LogP contribution in [0.15, 0.2) is 29.0 Å². The number of nitro groups is 1. The molecule has 2 unspecified atom stereocenters. The Kier molecular flexibility index (Phi) is 4.68. The van der Waals surface area contributed by atoms with Crippen molar-refractivity contribution in [2.45, 2.75) is 19.1 Å². The van der Waals surface area contributed by atoms with Crippen molar-refractivity contribution in [1.82, 2.24) is 0 Å². The second-order valence-electron chi connectivity index (χ2n) is 5.57. The number of methoxy groups -OCH3 is 1. The number of nitro benzene ring substituents is 1. The smallest absolute Gasteiger partial charge is 0.398 e. The third-order valence-corrected chi connectivity index (χ3v) is 4.35. The number of hydrogen-bond donors (Lipinski definition) is 0. The van der Waals surface area contributed by atoms with Crippen molar-refractivity contribution in [1.29, 1.82) is 0 Å². The molecule has 1 aromatic rings. The number of benzene rings is 1. The second-order valence-corrected chi connectivity index (χ2v) is 5.98. The second kappa shape index (κ2) is 6.81. The van der Waals surface area contributed by atoms with E-state index in [2.05, 4.69) is 9.73 Å². The summed E-state index contributed by atoms with van der Waals surface area (Å²) in [6.07, 6.45) is 1.37. The zero-order valence-corrected chi connectivity index (χ0v) is 14.5. The molecule has 0 fully saturated rings. The monoisotopic (exact) mass is 399 g/mol. The zero-order valence-electron chi connectivity index (χ0n) is 13.7. The lowest BCUT2D eigenvalue weighted by Gasteiger charge is -2.35. The van der Waals surface area contributed by atoms with Gasteiger partial charge in [0.15, 0.2) is 0 Å². The molecule has 1 aromatic carbocycles. The van der Waals surface area contributed by atoms with E-state index in [9.17, 15) is 25.0 Å². The lowest BCUT2D eigenvalue weighted by Crippen LogP contribution is -2.58. The van der Waals surface area contributed by atoms with Gasteiger partial charge < -0.3 is 9.47 Å². The first-order chi connectivity index (χ1) is 12.8. The molecule has 0 aliphatic carbocycles. The van der Waals surface area contributed by atoms with Gasteiger partial charge in [0.25, 0.3) is 17.6 Å². The van der Waals surface area contributed by atoms with Crippen LogP contribution >= 0.6 is 11.6 Å². The van der Waals surface area contributed by atoms with Gasteiger partial charge in [-0.1, -0.05) is 11.6 Å². The average molecular weight is 400 g/mol. The normalized spacial score (nSPS) is 23.0. The van der Waals surface area contributed by atoms with Gasteiger partial charge >= 0.3 is 11.1 Å². The van der Waals surface area contributed by atoms with Crippen LogP contribution in [0.1, 0.15) is 12.0 Å². The van der Waals surface area contributed by atoms with Crippen molar-refractivity contribution < 1.29 is 33.9 Å². The molecule has 0 N–H and O–H groups in total. The van der Waals surface area contributed by atoms with E-state index in [0.29, 0.717) is 5.56 Å². The number of hydroxylamine groups is 3. The number of esters is 1. The summed E-state index contributed by atoms with van der Waals surface area (Å²) in [5.74, 6) is -0.772. The van der Waals surface area contributed by atoms with Gasteiger partial charge in [-0.3, -0.25) is 10.1 Å². The van der Waals surface area contributed by atoms with Crippen molar-refractivity contribution in [2.24, 2.45) is 4.99 Å². The molecule has 3 rings (SSSR count). The predicted molar refractivity (Wildman–Crippen MR) is 87.8 cm³/mol. The van der Waals surface area contributed by atoms with Crippen molar-refractivity contribution in [3.63, 3.8) is 0 Å². The number of non-ortho nitro benzene ring substituents is 1. The maximum absolute atomic E-state index is 12.0. The summed E-state index contributed by atoms with van der Waals surface area (Å²) in [7, 11) is 1.11. The summed E-state index contributed by atoms with van der Waals surface area (Å²) in [6.45, 7) is 0. The molecular weight excluding hydrogens is 388 g/mol. The molecule has 0 bridgehead atoms. The van der Waals surface area contributed by atoms with Gasteiger partial charge in [0.2, 0.25) is 6.34 Å². The molecule has 0 amide bonds. The maximum atomic E-state index is 12.0. The Morgan fingerprint density at radius 2 is 2.15 bits per heavy atom. The summed E-state index contributed by atoms with van der Waals surface area (Å²) >= 11 is 6.09. The molecule has 2 atom stereocenters. The quantitative estimate of drug-likeness (QED) is 0.316. The summed E-state index contributed by atoms with van der Waals surface area (Å²) in [5, 5.41) is 20.9. The number of rotatable bonds is 5. The van der Waals surface area contributed by atoms with E-state index in [1.165, 1.54) is 6.07 Å². The molecule has 0 saturated carbocycles. The number of aryl methyl sites for hydroxylation is 1. The van der Waals surface area contributed by atoms with Crippen LogP contribution in [0.2, 0.25) is 5.02 Å². The summed E-state index contributed by atoms with van der Waals surface area (Å²) < 4.78 is 9.30. The lowest BCUT2D eigenvalue weighted by atomic mass is 10.0. The van der Waals surface area contributed by atoms with Crippen molar-refractivity contribution in [3.8, 4) is 5.75 Å². The van der Waals surface area contributed by atoms with Crippen molar-refractivity contribution in [3.05, 3.63) is 54.8 Å². The van der Waals surface area contributed by atoms with Crippen molar-refractivity contribution in [2.75, 3.05) is 7.11 Å². The fraction of sp³-hybridized carbons (Fsp3) is 0.286. The third kappa shape index (κ3) is 3.15. The molecule has 142 valence electrons. The number of aliphatic imine (C=N–C) groups is 1. The number of fused-ring (bicyclic) bond motifs is 1. The molecule has 0 saturated heterocycles. The van der Waals surface area contributed by atoms with Crippen LogP contribution in [-0.4, -0.2) is 40.3 Å². The minimum atomic E-state index is -1.10. The molecule has 13 heteroatoms. The van der Waals surface area contributed by atoms with Crippen LogP contribution in [0, 0.1) is 20.2 Å². The Labute approximate surface area is 156 Å². The summed E-state index contributed by atoms with van der Waals surface area (Å²) in [4.78, 5) is 42.0. The maximum Gasteiger partial charge on any atom is 0.398 e. The van der Waals surface area contributed by atoms with Crippen LogP contribution < -0.4 is 4.74 Å². The van der Waals surface area contributed by atoms with Crippen LogP contribution in [0.5, 0.6) is 5.75 Å². The Hall–Kier alpha value is -3.25. The number of quaternary nitrogens is 1. The molecule has 0 aromatic heterocycles. The first kappa shape index (κ1) is 18.5.